The molecule has 0 aromatic carbocycles. The third kappa shape index (κ3) is 11.7. The number of esters is 1. The number of carbonyl (C=O) groups is 1. The molecule has 0 N–H and O–H groups in total. The van der Waals surface area contributed by atoms with Gasteiger partial charge in [-0.1, -0.05) is 13.8 Å². The Hall–Kier alpha value is 0.930. The quantitative estimate of drug-likeness (QED) is 0.564. The van der Waals surface area contributed by atoms with Crippen LogP contribution in [0.2, 0.25) is 0 Å². The van der Waals surface area contributed by atoms with E-state index in [9.17, 15) is 4.79 Å². The highest BCUT2D eigenvalue weighted by Crippen LogP contribution is 1.89. The van der Waals surface area contributed by atoms with Crippen LogP contribution in [0.5, 0.6) is 0 Å². The molecule has 0 saturated heterocycles. The van der Waals surface area contributed by atoms with E-state index < -0.39 is 0 Å². The van der Waals surface area contributed by atoms with Crippen molar-refractivity contribution in [1.82, 2.24) is 0 Å². The fourth-order valence-electron chi connectivity index (χ4n) is 0.318. The highest BCUT2D eigenvalue weighted by atomic mass is 128. The Balaban J connectivity index is 0. The van der Waals surface area contributed by atoms with E-state index >= 15 is 0 Å². The van der Waals surface area contributed by atoms with Crippen LogP contribution in [0.25, 0.3) is 0 Å². The van der Waals surface area contributed by atoms with Crippen molar-refractivity contribution in [1.29, 1.82) is 0 Å². The summed E-state index contributed by atoms with van der Waals surface area (Å²) in [5.74, 6) is -0.105. The summed E-state index contributed by atoms with van der Waals surface area (Å²) in [4.78, 5) is 10.3. The minimum atomic E-state index is -0.105. The Morgan fingerprint density at radius 2 is 1.90 bits per heavy atom. The van der Waals surface area contributed by atoms with Crippen LogP contribution < -0.4 is 0 Å². The van der Waals surface area contributed by atoms with Crippen molar-refractivity contribution in [2.45, 2.75) is 26.7 Å². The van der Waals surface area contributed by atoms with E-state index in [4.69, 9.17) is 4.74 Å². The first-order chi connectivity index (χ1) is 4.81. The molecule has 0 radical (unpaired) electrons. The SMILES string of the molecule is CCCOC(=O)CC.II. The van der Waals surface area contributed by atoms with Gasteiger partial charge >= 0.3 is 5.97 Å². The zero-order chi connectivity index (χ0) is 8.41. The van der Waals surface area contributed by atoms with Gasteiger partial charge < -0.3 is 4.74 Å². The maximum absolute atomic E-state index is 10.3. The normalized spacial score (nSPS) is 7.60. The van der Waals surface area contributed by atoms with Gasteiger partial charge in [0.25, 0.3) is 0 Å². The third-order valence-electron chi connectivity index (χ3n) is 0.756. The number of hydrogen-bond acceptors (Lipinski definition) is 2. The molecule has 0 spiro atoms. The van der Waals surface area contributed by atoms with E-state index in [0.717, 1.165) is 6.42 Å². The standard InChI is InChI=1S/C6H12O2.I2/c1-3-5-8-6(7)4-2;1-2/h3-5H2,1-2H3;. The summed E-state index contributed by atoms with van der Waals surface area (Å²) in [7, 11) is 0. The summed E-state index contributed by atoms with van der Waals surface area (Å²) in [6.45, 7) is 4.33. The van der Waals surface area contributed by atoms with E-state index in [-0.39, 0.29) is 5.97 Å². The van der Waals surface area contributed by atoms with Crippen molar-refractivity contribution < 1.29 is 9.53 Å². The summed E-state index contributed by atoms with van der Waals surface area (Å²) in [6, 6.07) is 0. The van der Waals surface area contributed by atoms with Crippen LogP contribution in [-0.2, 0) is 9.53 Å². The van der Waals surface area contributed by atoms with E-state index in [0.29, 0.717) is 13.0 Å². The minimum absolute atomic E-state index is 0.105. The maximum Gasteiger partial charge on any atom is 0.305 e. The van der Waals surface area contributed by atoms with Gasteiger partial charge in [0.1, 0.15) is 0 Å². The van der Waals surface area contributed by atoms with Crippen molar-refractivity contribution in [2.75, 3.05) is 6.61 Å². The Kier molecular flexibility index (Phi) is 17.0. The molecule has 0 amide bonds. The van der Waals surface area contributed by atoms with Gasteiger partial charge in [-0.3, -0.25) is 4.79 Å². The highest BCUT2D eigenvalue weighted by Gasteiger charge is 1.93. The molecule has 0 rings (SSSR count). The monoisotopic (exact) mass is 370 g/mol. The first-order valence-corrected chi connectivity index (χ1v) is 9.39. The molecule has 10 heavy (non-hydrogen) atoms. The molecule has 0 heterocycles. The lowest BCUT2D eigenvalue weighted by atomic mass is 10.5. The van der Waals surface area contributed by atoms with Crippen molar-refractivity contribution >= 4 is 43.2 Å². The Morgan fingerprint density at radius 1 is 1.40 bits per heavy atom. The van der Waals surface area contributed by atoms with Gasteiger partial charge in [0.05, 0.1) is 6.61 Å². The molecule has 0 aromatic rings. The summed E-state index contributed by atoms with van der Waals surface area (Å²) < 4.78 is 4.70. The summed E-state index contributed by atoms with van der Waals surface area (Å²) in [5, 5.41) is 0. The maximum atomic E-state index is 10.3. The van der Waals surface area contributed by atoms with Gasteiger partial charge in [-0.2, -0.15) is 0 Å². The minimum Gasteiger partial charge on any atom is -0.466 e. The van der Waals surface area contributed by atoms with Gasteiger partial charge in [-0.05, 0) is 6.42 Å². The second-order valence-electron chi connectivity index (χ2n) is 1.57. The lowest BCUT2D eigenvalue weighted by Crippen LogP contribution is -2.02. The molecule has 0 atom stereocenters. The molecule has 0 aliphatic rings. The van der Waals surface area contributed by atoms with Crippen molar-refractivity contribution in [3.8, 4) is 0 Å². The zero-order valence-electron chi connectivity index (χ0n) is 6.19. The molecular formula is C6H12I2O2. The average molecular weight is 370 g/mol. The van der Waals surface area contributed by atoms with Gasteiger partial charge in [0.2, 0.25) is 0 Å². The largest absolute Gasteiger partial charge is 0.466 e. The molecule has 0 bridgehead atoms. The van der Waals surface area contributed by atoms with Crippen LogP contribution in [-0.4, -0.2) is 12.6 Å². The number of halogens is 2. The second-order valence-corrected chi connectivity index (χ2v) is 1.57. The fourth-order valence-corrected chi connectivity index (χ4v) is 0.318. The Bertz CT molecular complexity index is 76.1. The van der Waals surface area contributed by atoms with E-state index in [1.54, 1.807) is 6.92 Å². The van der Waals surface area contributed by atoms with Crippen LogP contribution >= 0.6 is 37.2 Å². The Labute approximate surface area is 85.4 Å². The van der Waals surface area contributed by atoms with Crippen molar-refractivity contribution in [3.05, 3.63) is 0 Å². The zero-order valence-corrected chi connectivity index (χ0v) is 10.5. The summed E-state index contributed by atoms with van der Waals surface area (Å²) in [6.07, 6.45) is 1.39. The predicted molar refractivity (Wildman–Crippen MR) is 59.6 cm³/mol. The summed E-state index contributed by atoms with van der Waals surface area (Å²) in [5.41, 5.74) is 0. The summed E-state index contributed by atoms with van der Waals surface area (Å²) >= 11 is 4.24. The lowest BCUT2D eigenvalue weighted by molar-refractivity contribution is -0.143. The molecule has 0 fully saturated rings. The molecule has 0 aliphatic carbocycles. The Morgan fingerprint density at radius 3 is 2.20 bits per heavy atom. The lowest BCUT2D eigenvalue weighted by Gasteiger charge is -1.97. The fraction of sp³-hybridized carbons (Fsp3) is 0.833. The molecule has 0 aromatic heterocycles. The highest BCUT2D eigenvalue weighted by molar-refractivity contribution is 15.0. The van der Waals surface area contributed by atoms with Crippen LogP contribution in [0.15, 0.2) is 0 Å². The van der Waals surface area contributed by atoms with Gasteiger partial charge in [-0.25, -0.2) is 0 Å². The number of carbonyl (C=O) groups excluding carboxylic acids is 1. The number of rotatable bonds is 3. The smallest absolute Gasteiger partial charge is 0.305 e. The van der Waals surface area contributed by atoms with Crippen LogP contribution in [0, 0.1) is 0 Å². The first-order valence-electron chi connectivity index (χ1n) is 3.11. The van der Waals surface area contributed by atoms with Gasteiger partial charge in [-0.15, -0.1) is 0 Å². The van der Waals surface area contributed by atoms with E-state index in [1.165, 1.54) is 0 Å². The molecule has 62 valence electrons. The van der Waals surface area contributed by atoms with Crippen molar-refractivity contribution in [2.24, 2.45) is 0 Å². The first kappa shape index (κ1) is 13.5. The average Bonchev–Trinajstić information content (AvgIpc) is 2.04. The topological polar surface area (TPSA) is 26.3 Å². The van der Waals surface area contributed by atoms with Crippen LogP contribution in [0.4, 0.5) is 0 Å². The van der Waals surface area contributed by atoms with E-state index in [2.05, 4.69) is 37.2 Å². The van der Waals surface area contributed by atoms with E-state index in [1.807, 2.05) is 6.92 Å². The van der Waals surface area contributed by atoms with Gasteiger partial charge in [0, 0.05) is 43.7 Å². The van der Waals surface area contributed by atoms with Crippen LogP contribution in [0.1, 0.15) is 26.7 Å². The van der Waals surface area contributed by atoms with Gasteiger partial charge in [0.15, 0.2) is 0 Å². The van der Waals surface area contributed by atoms with Crippen molar-refractivity contribution in [3.63, 3.8) is 0 Å². The number of hydrogen-bond donors (Lipinski definition) is 0. The molecule has 2 nitrogen and oxygen atoms in total. The number of ether oxygens (including phenoxy) is 1. The third-order valence-corrected chi connectivity index (χ3v) is 0.756. The van der Waals surface area contributed by atoms with Crippen LogP contribution in [0.3, 0.4) is 0 Å². The molecule has 0 aliphatic heterocycles. The molecule has 0 saturated carbocycles. The molecular weight excluding hydrogens is 358 g/mol. The molecule has 4 heteroatoms. The second kappa shape index (κ2) is 12.6. The predicted octanol–water partition coefficient (Wildman–Crippen LogP) is 3.12. The molecule has 0 unspecified atom stereocenters.